The van der Waals surface area contributed by atoms with Crippen LogP contribution in [-0.4, -0.2) is 17.7 Å². The van der Waals surface area contributed by atoms with Crippen molar-refractivity contribution < 1.29 is 33.0 Å². The highest BCUT2D eigenvalue weighted by Gasteiger charge is 2.14. The summed E-state index contributed by atoms with van der Waals surface area (Å²) in [6.45, 7) is 13.1. The lowest BCUT2D eigenvalue weighted by molar-refractivity contribution is -0.135. The molecule has 0 unspecified atom stereocenters. The van der Waals surface area contributed by atoms with Crippen molar-refractivity contribution in [2.75, 3.05) is 0 Å². The summed E-state index contributed by atoms with van der Waals surface area (Å²) < 4.78 is 30.1. The van der Waals surface area contributed by atoms with Crippen molar-refractivity contribution in [1.29, 1.82) is 0 Å². The van der Waals surface area contributed by atoms with Crippen LogP contribution in [0.4, 0.5) is 4.39 Å². The van der Waals surface area contributed by atoms with E-state index in [9.17, 15) is 18.8 Å². The zero-order chi connectivity index (χ0) is 24.7. The standard InChI is InChI=1S/C26H25FO6/c1-15(2)25(29)32-18(6)17(5)31-24-12-9-20(14-22(24)27)23(28)13-19-7-10-21(11-8-19)33-26(30)16(3)4/h7-12,14H,1,3,13H2,2,4-6H3. The molecule has 0 fully saturated rings. The minimum atomic E-state index is -0.735. The summed E-state index contributed by atoms with van der Waals surface area (Å²) in [4.78, 5) is 35.7. The van der Waals surface area contributed by atoms with Crippen molar-refractivity contribution in [3.63, 3.8) is 0 Å². The van der Waals surface area contributed by atoms with Gasteiger partial charge in [0.05, 0.1) is 0 Å². The summed E-state index contributed by atoms with van der Waals surface area (Å²) in [5.74, 6) is -1.61. The maximum atomic E-state index is 14.5. The van der Waals surface area contributed by atoms with Crippen molar-refractivity contribution in [3.8, 4) is 11.5 Å². The van der Waals surface area contributed by atoms with Gasteiger partial charge >= 0.3 is 11.9 Å². The summed E-state index contributed by atoms with van der Waals surface area (Å²) in [7, 11) is 0. The molecule has 0 bridgehead atoms. The monoisotopic (exact) mass is 452 g/mol. The number of halogens is 1. The first-order valence-corrected chi connectivity index (χ1v) is 10.00. The van der Waals surface area contributed by atoms with Crippen molar-refractivity contribution in [3.05, 3.63) is 95.2 Å². The van der Waals surface area contributed by atoms with Gasteiger partial charge in [-0.2, -0.15) is 0 Å². The van der Waals surface area contributed by atoms with Gasteiger partial charge < -0.3 is 14.2 Å². The molecule has 172 valence electrons. The van der Waals surface area contributed by atoms with Crippen LogP contribution in [0.5, 0.6) is 11.5 Å². The number of carbonyl (C=O) groups is 3. The summed E-state index contributed by atoms with van der Waals surface area (Å²) >= 11 is 0. The van der Waals surface area contributed by atoms with E-state index in [0.29, 0.717) is 11.3 Å². The molecule has 0 heterocycles. The first-order chi connectivity index (χ1) is 15.5. The number of ketones is 1. The molecule has 2 aromatic carbocycles. The van der Waals surface area contributed by atoms with Crippen LogP contribution in [0.3, 0.4) is 0 Å². The van der Waals surface area contributed by atoms with Gasteiger partial charge in [0, 0.05) is 23.1 Å². The molecule has 6 nitrogen and oxygen atoms in total. The minimum Gasteiger partial charge on any atom is -0.455 e. The van der Waals surface area contributed by atoms with Crippen molar-refractivity contribution in [1.82, 2.24) is 0 Å². The lowest BCUT2D eigenvalue weighted by Gasteiger charge is -2.12. The number of esters is 2. The highest BCUT2D eigenvalue weighted by molar-refractivity contribution is 5.97. The van der Waals surface area contributed by atoms with Gasteiger partial charge in [-0.25, -0.2) is 14.0 Å². The fourth-order valence-corrected chi connectivity index (χ4v) is 2.45. The lowest BCUT2D eigenvalue weighted by Crippen LogP contribution is -2.08. The van der Waals surface area contributed by atoms with E-state index in [1.54, 1.807) is 31.2 Å². The Morgan fingerprint density at radius 2 is 1.42 bits per heavy atom. The number of hydrogen-bond donors (Lipinski definition) is 0. The Morgan fingerprint density at radius 1 is 0.818 bits per heavy atom. The third kappa shape index (κ3) is 7.28. The Balaban J connectivity index is 2.06. The van der Waals surface area contributed by atoms with Gasteiger partial charge in [0.1, 0.15) is 17.3 Å². The van der Waals surface area contributed by atoms with E-state index >= 15 is 0 Å². The first kappa shape index (κ1) is 25.3. The maximum Gasteiger partial charge on any atom is 0.338 e. The van der Waals surface area contributed by atoms with Crippen LogP contribution in [0.1, 0.15) is 43.6 Å². The third-order valence-corrected chi connectivity index (χ3v) is 4.45. The van der Waals surface area contributed by atoms with E-state index in [4.69, 9.17) is 14.2 Å². The van der Waals surface area contributed by atoms with Crippen molar-refractivity contribution in [2.24, 2.45) is 0 Å². The van der Waals surface area contributed by atoms with E-state index in [2.05, 4.69) is 13.2 Å². The minimum absolute atomic E-state index is 0.0310. The second-order valence-corrected chi connectivity index (χ2v) is 7.44. The van der Waals surface area contributed by atoms with Crippen molar-refractivity contribution in [2.45, 2.75) is 34.1 Å². The fourth-order valence-electron chi connectivity index (χ4n) is 2.45. The smallest absolute Gasteiger partial charge is 0.338 e. The Morgan fingerprint density at radius 3 is 1.97 bits per heavy atom. The molecule has 0 aliphatic carbocycles. The second-order valence-electron chi connectivity index (χ2n) is 7.44. The highest BCUT2D eigenvalue weighted by atomic mass is 19.1. The van der Waals surface area contributed by atoms with Gasteiger partial charge in [0.25, 0.3) is 0 Å². The van der Waals surface area contributed by atoms with Crippen LogP contribution in [0.15, 0.2) is 78.3 Å². The Hall–Kier alpha value is -4.00. The molecule has 0 saturated carbocycles. The fraction of sp³-hybridized carbons (Fsp3) is 0.192. The van der Waals surface area contributed by atoms with E-state index in [1.807, 2.05) is 0 Å². The molecule has 2 rings (SSSR count). The summed E-state index contributed by atoms with van der Waals surface area (Å²) in [5.41, 5.74) is 1.34. The molecular formula is C26H25FO6. The SMILES string of the molecule is C=C(C)C(=O)OC(C)=C(C)Oc1ccc(C(=O)Cc2ccc(OC(=O)C(=C)C)cc2)cc1F. The van der Waals surface area contributed by atoms with E-state index < -0.39 is 17.8 Å². The summed E-state index contributed by atoms with van der Waals surface area (Å²) in [6, 6.07) is 10.3. The van der Waals surface area contributed by atoms with Crippen LogP contribution in [0.2, 0.25) is 0 Å². The molecule has 7 heteroatoms. The molecule has 0 aliphatic heterocycles. The van der Waals surface area contributed by atoms with Crippen LogP contribution >= 0.6 is 0 Å². The number of rotatable bonds is 9. The number of benzene rings is 2. The quantitative estimate of drug-likeness (QED) is 0.165. The highest BCUT2D eigenvalue weighted by Crippen LogP contribution is 2.23. The Kier molecular flexibility index (Phi) is 8.45. The molecule has 0 atom stereocenters. The number of ether oxygens (including phenoxy) is 3. The van der Waals surface area contributed by atoms with Gasteiger partial charge in [0.2, 0.25) is 0 Å². The molecule has 0 N–H and O–H groups in total. The largest absolute Gasteiger partial charge is 0.455 e. The molecule has 33 heavy (non-hydrogen) atoms. The topological polar surface area (TPSA) is 78.9 Å². The van der Waals surface area contributed by atoms with Gasteiger partial charge in [-0.3, -0.25) is 4.79 Å². The molecule has 0 aromatic heterocycles. The number of Topliss-reactive ketones (excluding diaryl/α,β-unsaturated/α-hetero) is 1. The van der Waals surface area contributed by atoms with E-state index in [1.165, 1.54) is 32.9 Å². The lowest BCUT2D eigenvalue weighted by atomic mass is 10.0. The molecule has 0 amide bonds. The van der Waals surface area contributed by atoms with Crippen LogP contribution in [0.25, 0.3) is 0 Å². The molecule has 0 saturated heterocycles. The Bertz CT molecular complexity index is 1140. The van der Waals surface area contributed by atoms with Gasteiger partial charge in [-0.15, -0.1) is 0 Å². The van der Waals surface area contributed by atoms with Crippen LogP contribution in [-0.2, 0) is 20.7 Å². The van der Waals surface area contributed by atoms with Gasteiger partial charge in [-0.1, -0.05) is 25.3 Å². The number of carbonyl (C=O) groups excluding carboxylic acids is 3. The Labute approximate surface area is 192 Å². The maximum absolute atomic E-state index is 14.5. The van der Waals surface area contributed by atoms with Gasteiger partial charge in [-0.05, 0) is 63.6 Å². The zero-order valence-electron chi connectivity index (χ0n) is 19.0. The number of allylic oxidation sites excluding steroid dienone is 2. The molecule has 0 aliphatic rings. The van der Waals surface area contributed by atoms with Crippen LogP contribution < -0.4 is 9.47 Å². The predicted octanol–water partition coefficient (Wildman–Crippen LogP) is 5.48. The molecule has 0 radical (unpaired) electrons. The van der Waals surface area contributed by atoms with Gasteiger partial charge in [0.15, 0.2) is 17.3 Å². The molecular weight excluding hydrogens is 427 g/mol. The predicted molar refractivity (Wildman–Crippen MR) is 121 cm³/mol. The zero-order valence-corrected chi connectivity index (χ0v) is 19.0. The van der Waals surface area contributed by atoms with Crippen molar-refractivity contribution >= 4 is 17.7 Å². The average Bonchev–Trinajstić information content (AvgIpc) is 2.75. The summed E-state index contributed by atoms with van der Waals surface area (Å²) in [5, 5.41) is 0. The summed E-state index contributed by atoms with van der Waals surface area (Å²) in [6.07, 6.45) is 0.0310. The molecule has 2 aromatic rings. The normalized spacial score (nSPS) is 11.2. The molecule has 0 spiro atoms. The average molecular weight is 452 g/mol. The van der Waals surface area contributed by atoms with E-state index in [-0.39, 0.29) is 46.2 Å². The first-order valence-electron chi connectivity index (χ1n) is 10.00. The number of hydrogen-bond acceptors (Lipinski definition) is 6. The third-order valence-electron chi connectivity index (χ3n) is 4.45. The second kappa shape index (κ2) is 11.0. The van der Waals surface area contributed by atoms with E-state index in [0.717, 1.165) is 6.07 Å². The van der Waals surface area contributed by atoms with Crippen LogP contribution in [0, 0.1) is 5.82 Å².